The Bertz CT molecular complexity index is 1110. The zero-order valence-electron chi connectivity index (χ0n) is 20.6. The second-order valence-corrected chi connectivity index (χ2v) is 10.9. The smallest absolute Gasteiger partial charge is 0.254 e. The maximum Gasteiger partial charge on any atom is 0.254 e. The number of carbonyl (C=O) groups is 2. The summed E-state index contributed by atoms with van der Waals surface area (Å²) in [6.45, 7) is 13.6. The van der Waals surface area contributed by atoms with Crippen LogP contribution in [0.5, 0.6) is 0 Å². The lowest BCUT2D eigenvalue weighted by atomic mass is 9.86. The van der Waals surface area contributed by atoms with Gasteiger partial charge < -0.3 is 9.80 Å². The number of carbonyl (C=O) groups excluding carboxylic acids is 2. The molecule has 5 heteroatoms. The number of hydrogen-bond donors (Lipinski definition) is 0. The summed E-state index contributed by atoms with van der Waals surface area (Å²) in [5, 5.41) is 0. The zero-order chi connectivity index (χ0) is 24.7. The molecule has 4 nitrogen and oxygen atoms in total. The highest BCUT2D eigenvalue weighted by atomic mass is 32.1. The topological polar surface area (TPSA) is 40.6 Å². The number of amides is 2. The summed E-state index contributed by atoms with van der Waals surface area (Å²) < 4.78 is 0. The van der Waals surface area contributed by atoms with E-state index in [4.69, 9.17) is 0 Å². The maximum atomic E-state index is 13.5. The standard InChI is InChI=1S/C29H34N2O2S/c1-6-18-30(28(33)24-13-15-25(16-14-24)29(3,4)5)21-27(32)31(19-23-10-8-7-9-11-23)20-26-17-12-22(2)34-26/h6-17H,1,18-21H2,2-5H3. The van der Waals surface area contributed by atoms with Crippen molar-refractivity contribution in [2.45, 2.75) is 46.2 Å². The number of benzene rings is 2. The number of aryl methyl sites for hydroxylation is 1. The molecule has 3 rings (SSSR count). The van der Waals surface area contributed by atoms with Crippen molar-refractivity contribution in [3.8, 4) is 0 Å². The number of thiophene rings is 1. The summed E-state index contributed by atoms with van der Waals surface area (Å²) in [4.78, 5) is 32.5. The van der Waals surface area contributed by atoms with Gasteiger partial charge in [-0.15, -0.1) is 17.9 Å². The Hall–Kier alpha value is -3.18. The molecule has 0 bridgehead atoms. The van der Waals surface area contributed by atoms with Crippen molar-refractivity contribution < 1.29 is 9.59 Å². The van der Waals surface area contributed by atoms with Crippen LogP contribution in [0.15, 0.2) is 79.4 Å². The van der Waals surface area contributed by atoms with E-state index in [0.29, 0.717) is 25.2 Å². The average Bonchev–Trinajstić information content (AvgIpc) is 3.22. The maximum absolute atomic E-state index is 13.5. The van der Waals surface area contributed by atoms with Crippen LogP contribution in [-0.4, -0.2) is 34.7 Å². The van der Waals surface area contributed by atoms with Gasteiger partial charge in [0.25, 0.3) is 5.91 Å². The SMILES string of the molecule is C=CCN(CC(=O)N(Cc1ccccc1)Cc1ccc(C)s1)C(=O)c1ccc(C(C)(C)C)cc1. The molecular weight excluding hydrogens is 440 g/mol. The van der Waals surface area contributed by atoms with E-state index in [1.165, 1.54) is 4.88 Å². The fourth-order valence-corrected chi connectivity index (χ4v) is 4.63. The molecule has 0 aliphatic heterocycles. The van der Waals surface area contributed by atoms with Gasteiger partial charge in [0.15, 0.2) is 0 Å². The molecule has 0 atom stereocenters. The summed E-state index contributed by atoms with van der Waals surface area (Å²) >= 11 is 1.69. The normalized spacial score (nSPS) is 11.2. The Morgan fingerprint density at radius 1 is 0.912 bits per heavy atom. The van der Waals surface area contributed by atoms with E-state index in [9.17, 15) is 9.59 Å². The van der Waals surface area contributed by atoms with Gasteiger partial charge in [0.05, 0.1) is 6.54 Å². The van der Waals surface area contributed by atoms with Gasteiger partial charge in [-0.1, -0.05) is 69.3 Å². The molecule has 0 N–H and O–H groups in total. The molecule has 0 aliphatic rings. The van der Waals surface area contributed by atoms with Crippen molar-refractivity contribution >= 4 is 23.2 Å². The summed E-state index contributed by atoms with van der Waals surface area (Å²) in [5.74, 6) is -0.253. The number of nitrogens with zero attached hydrogens (tertiary/aromatic N) is 2. The van der Waals surface area contributed by atoms with Crippen LogP contribution in [0.1, 0.15) is 52.0 Å². The molecule has 1 heterocycles. The third-order valence-corrected chi connectivity index (χ3v) is 6.66. The first-order valence-corrected chi connectivity index (χ1v) is 12.4. The molecular formula is C29H34N2O2S. The third kappa shape index (κ3) is 6.91. The fraction of sp³-hybridized carbons (Fsp3) is 0.310. The van der Waals surface area contributed by atoms with Crippen LogP contribution in [-0.2, 0) is 23.3 Å². The van der Waals surface area contributed by atoms with Gasteiger partial charge >= 0.3 is 0 Å². The summed E-state index contributed by atoms with van der Waals surface area (Å²) in [6.07, 6.45) is 1.67. The van der Waals surface area contributed by atoms with Gasteiger partial charge in [-0.2, -0.15) is 0 Å². The van der Waals surface area contributed by atoms with Gasteiger partial charge in [-0.25, -0.2) is 0 Å². The lowest BCUT2D eigenvalue weighted by Crippen LogP contribution is -2.42. The predicted octanol–water partition coefficient (Wildman–Crippen LogP) is 6.21. The molecule has 0 unspecified atom stereocenters. The molecule has 2 aromatic carbocycles. The van der Waals surface area contributed by atoms with Gasteiger partial charge in [-0.3, -0.25) is 9.59 Å². The average molecular weight is 475 g/mol. The minimum absolute atomic E-state index is 0.00304. The van der Waals surface area contributed by atoms with Crippen LogP contribution in [0.4, 0.5) is 0 Å². The molecule has 0 aliphatic carbocycles. The van der Waals surface area contributed by atoms with Gasteiger partial charge in [-0.05, 0) is 47.7 Å². The fourth-order valence-electron chi connectivity index (χ4n) is 3.73. The second kappa shape index (κ2) is 11.3. The monoisotopic (exact) mass is 474 g/mol. The van der Waals surface area contributed by atoms with E-state index in [1.807, 2.05) is 59.5 Å². The second-order valence-electron chi connectivity index (χ2n) is 9.55. The van der Waals surface area contributed by atoms with Gasteiger partial charge in [0.1, 0.15) is 6.54 Å². The molecule has 0 saturated heterocycles. The van der Waals surface area contributed by atoms with Crippen LogP contribution in [0, 0.1) is 6.92 Å². The van der Waals surface area contributed by atoms with Crippen LogP contribution < -0.4 is 0 Å². The highest BCUT2D eigenvalue weighted by Crippen LogP contribution is 2.23. The van der Waals surface area contributed by atoms with Crippen LogP contribution in [0.2, 0.25) is 0 Å². The molecule has 0 fully saturated rings. The Kier molecular flexibility index (Phi) is 8.46. The zero-order valence-corrected chi connectivity index (χ0v) is 21.4. The third-order valence-electron chi connectivity index (χ3n) is 5.67. The van der Waals surface area contributed by atoms with Gasteiger partial charge in [0, 0.05) is 28.4 Å². The lowest BCUT2D eigenvalue weighted by molar-refractivity contribution is -0.133. The van der Waals surface area contributed by atoms with E-state index < -0.39 is 0 Å². The van der Waals surface area contributed by atoms with Crippen molar-refractivity contribution in [3.05, 3.63) is 106 Å². The summed E-state index contributed by atoms with van der Waals surface area (Å²) in [7, 11) is 0. The van der Waals surface area contributed by atoms with Crippen molar-refractivity contribution in [3.63, 3.8) is 0 Å². The Labute approximate surface area is 207 Å². The molecule has 0 spiro atoms. The quantitative estimate of drug-likeness (QED) is 0.346. The first-order valence-electron chi connectivity index (χ1n) is 11.5. The van der Waals surface area contributed by atoms with E-state index >= 15 is 0 Å². The predicted molar refractivity (Wildman–Crippen MR) is 141 cm³/mol. The van der Waals surface area contributed by atoms with E-state index in [-0.39, 0.29) is 23.8 Å². The molecule has 0 radical (unpaired) electrons. The summed E-state index contributed by atoms with van der Waals surface area (Å²) in [6, 6.07) is 21.8. The number of rotatable bonds is 9. The molecule has 34 heavy (non-hydrogen) atoms. The molecule has 3 aromatic rings. The molecule has 178 valence electrons. The highest BCUT2D eigenvalue weighted by molar-refractivity contribution is 7.11. The van der Waals surface area contributed by atoms with Crippen LogP contribution in [0.25, 0.3) is 0 Å². The Balaban J connectivity index is 1.79. The Morgan fingerprint density at radius 3 is 2.15 bits per heavy atom. The molecule has 0 saturated carbocycles. The van der Waals surface area contributed by atoms with Crippen molar-refractivity contribution in [2.24, 2.45) is 0 Å². The van der Waals surface area contributed by atoms with Crippen molar-refractivity contribution in [1.29, 1.82) is 0 Å². The first-order chi connectivity index (χ1) is 16.2. The van der Waals surface area contributed by atoms with Crippen LogP contribution in [0.3, 0.4) is 0 Å². The highest BCUT2D eigenvalue weighted by Gasteiger charge is 2.23. The molecule has 1 aromatic heterocycles. The van der Waals surface area contributed by atoms with Crippen LogP contribution >= 0.6 is 11.3 Å². The molecule has 2 amide bonds. The van der Waals surface area contributed by atoms with E-state index in [2.05, 4.69) is 46.4 Å². The minimum Gasteiger partial charge on any atom is -0.332 e. The van der Waals surface area contributed by atoms with Gasteiger partial charge in [0.2, 0.25) is 5.91 Å². The Morgan fingerprint density at radius 2 is 1.59 bits per heavy atom. The van der Waals surface area contributed by atoms with E-state index in [1.54, 1.807) is 22.3 Å². The van der Waals surface area contributed by atoms with Crippen molar-refractivity contribution in [2.75, 3.05) is 13.1 Å². The lowest BCUT2D eigenvalue weighted by Gasteiger charge is -2.27. The summed E-state index contributed by atoms with van der Waals surface area (Å²) in [5.41, 5.74) is 2.81. The number of hydrogen-bond acceptors (Lipinski definition) is 3. The minimum atomic E-state index is -0.166. The first kappa shape index (κ1) is 25.4. The largest absolute Gasteiger partial charge is 0.332 e. The van der Waals surface area contributed by atoms with Crippen molar-refractivity contribution in [1.82, 2.24) is 9.80 Å². The van der Waals surface area contributed by atoms with E-state index in [0.717, 1.165) is 16.0 Å².